The first-order valence-corrected chi connectivity index (χ1v) is 7.14. The summed E-state index contributed by atoms with van der Waals surface area (Å²) >= 11 is 0. The highest BCUT2D eigenvalue weighted by atomic mass is 15.2. The summed E-state index contributed by atoms with van der Waals surface area (Å²) in [7, 11) is 0. The average Bonchev–Trinajstić information content (AvgIpc) is 3.05. The van der Waals surface area contributed by atoms with E-state index in [2.05, 4.69) is 37.9 Å². The molecule has 0 aromatic rings. The van der Waals surface area contributed by atoms with E-state index >= 15 is 0 Å². The lowest BCUT2D eigenvalue weighted by molar-refractivity contribution is 0.206. The molecule has 0 aromatic heterocycles. The molecule has 0 amide bonds. The molecule has 1 atom stereocenters. The number of nitrogens with zero attached hydrogens (tertiary/aromatic N) is 1. The van der Waals surface area contributed by atoms with Crippen LogP contribution in [0.5, 0.6) is 0 Å². The fourth-order valence-corrected chi connectivity index (χ4v) is 2.25. The molecule has 1 aliphatic carbocycles. The van der Waals surface area contributed by atoms with E-state index in [0.29, 0.717) is 6.04 Å². The maximum Gasteiger partial charge on any atom is 0.0192 e. The molecule has 0 heterocycles. The molecule has 1 aliphatic rings. The molecule has 0 saturated heterocycles. The second kappa shape index (κ2) is 7.29. The van der Waals surface area contributed by atoms with Crippen LogP contribution in [0.15, 0.2) is 0 Å². The van der Waals surface area contributed by atoms with E-state index < -0.39 is 0 Å². The van der Waals surface area contributed by atoms with Gasteiger partial charge in [-0.3, -0.25) is 4.90 Å². The summed E-state index contributed by atoms with van der Waals surface area (Å²) in [6, 6.07) is 1.60. The third kappa shape index (κ3) is 5.31. The normalized spacial score (nSPS) is 18.4. The smallest absolute Gasteiger partial charge is 0.0192 e. The summed E-state index contributed by atoms with van der Waals surface area (Å²) in [6.07, 6.45) is 5.35. The predicted molar refractivity (Wildman–Crippen MR) is 71.8 cm³/mol. The van der Waals surface area contributed by atoms with E-state index in [-0.39, 0.29) is 0 Å². The highest BCUT2D eigenvalue weighted by molar-refractivity contribution is 4.87. The fourth-order valence-electron chi connectivity index (χ4n) is 2.25. The minimum absolute atomic E-state index is 0.694. The molecule has 2 nitrogen and oxygen atoms in total. The van der Waals surface area contributed by atoms with Crippen LogP contribution in [0.4, 0.5) is 0 Å². The second-order valence-corrected chi connectivity index (χ2v) is 5.64. The summed E-state index contributed by atoms with van der Waals surface area (Å²) < 4.78 is 0. The van der Waals surface area contributed by atoms with Crippen LogP contribution in [-0.2, 0) is 0 Å². The Morgan fingerprint density at radius 1 is 1.19 bits per heavy atom. The number of hydrogen-bond donors (Lipinski definition) is 1. The van der Waals surface area contributed by atoms with Gasteiger partial charge in [0.15, 0.2) is 0 Å². The Labute approximate surface area is 102 Å². The van der Waals surface area contributed by atoms with Crippen LogP contribution in [0.3, 0.4) is 0 Å². The Kier molecular flexibility index (Phi) is 6.37. The molecule has 1 unspecified atom stereocenters. The van der Waals surface area contributed by atoms with Crippen molar-refractivity contribution in [1.82, 2.24) is 10.2 Å². The van der Waals surface area contributed by atoms with Crippen LogP contribution in [-0.4, -0.2) is 36.6 Å². The molecule has 1 rings (SSSR count). The van der Waals surface area contributed by atoms with Crippen LogP contribution < -0.4 is 5.32 Å². The molecule has 2 heteroatoms. The van der Waals surface area contributed by atoms with Crippen LogP contribution in [0.2, 0.25) is 0 Å². The Morgan fingerprint density at radius 3 is 2.31 bits per heavy atom. The van der Waals surface area contributed by atoms with Gasteiger partial charge in [0, 0.05) is 25.2 Å². The molecule has 0 bridgehead atoms. The third-order valence-electron chi connectivity index (χ3n) is 3.29. The molecule has 96 valence electrons. The van der Waals surface area contributed by atoms with Crippen molar-refractivity contribution >= 4 is 0 Å². The van der Waals surface area contributed by atoms with Gasteiger partial charge in [0.05, 0.1) is 0 Å². The van der Waals surface area contributed by atoms with Crippen LogP contribution >= 0.6 is 0 Å². The number of hydrogen-bond acceptors (Lipinski definition) is 2. The van der Waals surface area contributed by atoms with Crippen molar-refractivity contribution in [3.8, 4) is 0 Å². The van der Waals surface area contributed by atoms with Crippen LogP contribution in [0.25, 0.3) is 0 Å². The van der Waals surface area contributed by atoms with Crippen molar-refractivity contribution in [3.63, 3.8) is 0 Å². The highest BCUT2D eigenvalue weighted by Gasteiger charge is 2.30. The fraction of sp³-hybridized carbons (Fsp3) is 1.00. The van der Waals surface area contributed by atoms with Crippen molar-refractivity contribution in [2.45, 2.75) is 65.5 Å². The van der Waals surface area contributed by atoms with E-state index in [1.165, 1.54) is 45.3 Å². The topological polar surface area (TPSA) is 15.3 Å². The highest BCUT2D eigenvalue weighted by Crippen LogP contribution is 2.27. The van der Waals surface area contributed by atoms with Crippen molar-refractivity contribution in [2.24, 2.45) is 5.92 Å². The molecular formula is C14H30N2. The Morgan fingerprint density at radius 2 is 1.88 bits per heavy atom. The number of nitrogens with one attached hydrogen (secondary N) is 1. The van der Waals surface area contributed by atoms with Gasteiger partial charge in [-0.05, 0) is 38.1 Å². The first-order chi connectivity index (χ1) is 7.67. The van der Waals surface area contributed by atoms with E-state index in [0.717, 1.165) is 12.0 Å². The monoisotopic (exact) mass is 226 g/mol. The van der Waals surface area contributed by atoms with Crippen LogP contribution in [0.1, 0.15) is 53.4 Å². The van der Waals surface area contributed by atoms with Gasteiger partial charge in [-0.2, -0.15) is 0 Å². The molecule has 0 aliphatic heterocycles. The van der Waals surface area contributed by atoms with Gasteiger partial charge < -0.3 is 5.32 Å². The zero-order chi connectivity index (χ0) is 12.0. The molecule has 16 heavy (non-hydrogen) atoms. The molecule has 1 fully saturated rings. The van der Waals surface area contributed by atoms with Gasteiger partial charge >= 0.3 is 0 Å². The van der Waals surface area contributed by atoms with Gasteiger partial charge in [-0.1, -0.05) is 27.7 Å². The Bertz CT molecular complexity index is 176. The second-order valence-electron chi connectivity index (χ2n) is 5.64. The van der Waals surface area contributed by atoms with Gasteiger partial charge in [-0.25, -0.2) is 0 Å². The van der Waals surface area contributed by atoms with Gasteiger partial charge in [0.1, 0.15) is 0 Å². The summed E-state index contributed by atoms with van der Waals surface area (Å²) in [5.41, 5.74) is 0. The lowest BCUT2D eigenvalue weighted by atomic mass is 10.1. The van der Waals surface area contributed by atoms with Gasteiger partial charge in [-0.15, -0.1) is 0 Å². The maximum absolute atomic E-state index is 3.66. The third-order valence-corrected chi connectivity index (χ3v) is 3.29. The van der Waals surface area contributed by atoms with Crippen molar-refractivity contribution in [2.75, 3.05) is 19.6 Å². The number of rotatable bonds is 9. The molecule has 1 N–H and O–H groups in total. The van der Waals surface area contributed by atoms with E-state index in [9.17, 15) is 0 Å². The van der Waals surface area contributed by atoms with E-state index in [1.807, 2.05) is 0 Å². The summed E-state index contributed by atoms with van der Waals surface area (Å²) in [5, 5.41) is 3.66. The Balaban J connectivity index is 2.32. The Hall–Kier alpha value is -0.0800. The lowest BCUT2D eigenvalue weighted by Gasteiger charge is -2.29. The van der Waals surface area contributed by atoms with Crippen molar-refractivity contribution in [1.29, 1.82) is 0 Å². The minimum Gasteiger partial charge on any atom is -0.313 e. The van der Waals surface area contributed by atoms with E-state index in [4.69, 9.17) is 0 Å². The van der Waals surface area contributed by atoms with Gasteiger partial charge in [0.2, 0.25) is 0 Å². The molecule has 0 aromatic carbocycles. The lowest BCUT2D eigenvalue weighted by Crippen LogP contribution is -2.43. The molecular weight excluding hydrogens is 196 g/mol. The largest absolute Gasteiger partial charge is 0.313 e. The zero-order valence-electron chi connectivity index (χ0n) is 11.6. The van der Waals surface area contributed by atoms with Gasteiger partial charge in [0.25, 0.3) is 0 Å². The molecule has 0 radical (unpaired) electrons. The first kappa shape index (κ1) is 14.0. The van der Waals surface area contributed by atoms with Crippen molar-refractivity contribution in [3.05, 3.63) is 0 Å². The summed E-state index contributed by atoms with van der Waals surface area (Å²) in [6.45, 7) is 12.9. The van der Waals surface area contributed by atoms with Crippen LogP contribution in [0, 0.1) is 5.92 Å². The zero-order valence-corrected chi connectivity index (χ0v) is 11.6. The molecule has 1 saturated carbocycles. The van der Waals surface area contributed by atoms with E-state index in [1.54, 1.807) is 0 Å². The van der Waals surface area contributed by atoms with Crippen molar-refractivity contribution < 1.29 is 0 Å². The summed E-state index contributed by atoms with van der Waals surface area (Å²) in [4.78, 5) is 2.71. The SMILES string of the molecule is CCCNC(CC)CN(CC(C)C)C1CC1. The quantitative estimate of drug-likeness (QED) is 0.650. The standard InChI is InChI=1S/C14H30N2/c1-5-9-15-13(6-2)11-16(10-12(3)4)14-7-8-14/h12-15H,5-11H2,1-4H3. The average molecular weight is 226 g/mol. The minimum atomic E-state index is 0.694. The summed E-state index contributed by atoms with van der Waals surface area (Å²) in [5.74, 6) is 0.796. The maximum atomic E-state index is 3.66. The molecule has 0 spiro atoms. The predicted octanol–water partition coefficient (Wildman–Crippen LogP) is 2.89. The first-order valence-electron chi connectivity index (χ1n) is 7.14.